The molecule has 2 amide bonds. The van der Waals surface area contributed by atoms with Crippen LogP contribution in [0.2, 0.25) is 0 Å². The first-order valence-electron chi connectivity index (χ1n) is 10.8. The summed E-state index contributed by atoms with van der Waals surface area (Å²) in [5.74, 6) is 0.570. The minimum absolute atomic E-state index is 0.0781. The van der Waals surface area contributed by atoms with E-state index in [-0.39, 0.29) is 18.0 Å². The van der Waals surface area contributed by atoms with Gasteiger partial charge in [-0.2, -0.15) is 0 Å². The van der Waals surface area contributed by atoms with Crippen LogP contribution in [-0.2, 0) is 9.53 Å². The Morgan fingerprint density at radius 1 is 1.03 bits per heavy atom. The number of carbonyl (C=O) groups is 2. The van der Waals surface area contributed by atoms with E-state index in [9.17, 15) is 9.59 Å². The standard InChI is InChI=1S/C24H34N2O3/c1-18-7-9-19(10-8-18)11-12-20-13-16-25(17-14-20)22(27)21-6-5-15-26(21)23(28)29-24(2,3)4/h7-12,20-21H,5-6,13-17H2,1-4H3/t21-/m0/s1. The Bertz CT molecular complexity index is 740. The topological polar surface area (TPSA) is 49.9 Å². The van der Waals surface area contributed by atoms with Crippen molar-refractivity contribution >= 4 is 18.1 Å². The molecule has 0 unspecified atom stereocenters. The number of ether oxygens (including phenoxy) is 1. The average Bonchev–Trinajstić information content (AvgIpc) is 3.16. The largest absolute Gasteiger partial charge is 0.444 e. The van der Waals surface area contributed by atoms with Crippen molar-refractivity contribution in [3.05, 3.63) is 41.5 Å². The fourth-order valence-electron chi connectivity index (χ4n) is 4.01. The van der Waals surface area contributed by atoms with Crippen LogP contribution in [0, 0.1) is 12.8 Å². The third-order valence-corrected chi connectivity index (χ3v) is 5.66. The lowest BCUT2D eigenvalue weighted by Gasteiger charge is -2.35. The molecule has 2 saturated heterocycles. The van der Waals surface area contributed by atoms with Crippen LogP contribution >= 0.6 is 0 Å². The van der Waals surface area contributed by atoms with Gasteiger partial charge in [0.15, 0.2) is 0 Å². The van der Waals surface area contributed by atoms with Gasteiger partial charge in [-0.05, 0) is 64.9 Å². The maximum absolute atomic E-state index is 13.1. The van der Waals surface area contributed by atoms with Crippen LogP contribution < -0.4 is 0 Å². The first-order chi connectivity index (χ1) is 13.7. The summed E-state index contributed by atoms with van der Waals surface area (Å²) in [6.45, 7) is 9.75. The van der Waals surface area contributed by atoms with Gasteiger partial charge in [0.2, 0.25) is 5.91 Å². The summed E-state index contributed by atoms with van der Waals surface area (Å²) in [5.41, 5.74) is 1.93. The van der Waals surface area contributed by atoms with Gasteiger partial charge >= 0.3 is 6.09 Å². The number of amides is 2. The van der Waals surface area contributed by atoms with E-state index in [4.69, 9.17) is 4.74 Å². The van der Waals surface area contributed by atoms with Gasteiger partial charge in [-0.25, -0.2) is 4.79 Å². The molecule has 1 aromatic carbocycles. The lowest BCUT2D eigenvalue weighted by molar-refractivity contribution is -0.137. The predicted octanol–water partition coefficient (Wildman–Crippen LogP) is 4.65. The Kier molecular flexibility index (Phi) is 6.66. The van der Waals surface area contributed by atoms with Gasteiger partial charge in [-0.15, -0.1) is 0 Å². The number of carbonyl (C=O) groups excluding carboxylic acids is 2. The average molecular weight is 399 g/mol. The van der Waals surface area contributed by atoms with E-state index in [0.29, 0.717) is 12.5 Å². The van der Waals surface area contributed by atoms with Gasteiger partial charge in [0.05, 0.1) is 0 Å². The van der Waals surface area contributed by atoms with E-state index in [1.54, 1.807) is 4.90 Å². The smallest absolute Gasteiger partial charge is 0.410 e. The Balaban J connectivity index is 1.52. The zero-order valence-electron chi connectivity index (χ0n) is 18.2. The van der Waals surface area contributed by atoms with Crippen molar-refractivity contribution in [2.24, 2.45) is 5.92 Å². The van der Waals surface area contributed by atoms with Crippen molar-refractivity contribution in [3.8, 4) is 0 Å². The number of hydrogen-bond acceptors (Lipinski definition) is 3. The summed E-state index contributed by atoms with van der Waals surface area (Å²) in [5, 5.41) is 0. The number of aryl methyl sites for hydroxylation is 1. The molecule has 1 aromatic rings. The number of benzene rings is 1. The van der Waals surface area contributed by atoms with Crippen molar-refractivity contribution in [2.45, 2.75) is 65.0 Å². The Hall–Kier alpha value is -2.30. The molecule has 0 spiro atoms. The molecule has 0 N–H and O–H groups in total. The molecule has 0 bridgehead atoms. The predicted molar refractivity (Wildman–Crippen MR) is 115 cm³/mol. The second-order valence-electron chi connectivity index (χ2n) is 9.26. The van der Waals surface area contributed by atoms with Crippen LogP contribution in [-0.4, -0.2) is 53.1 Å². The fraction of sp³-hybridized carbons (Fsp3) is 0.583. The third kappa shape index (κ3) is 5.84. The highest BCUT2D eigenvalue weighted by Crippen LogP contribution is 2.26. The highest BCUT2D eigenvalue weighted by atomic mass is 16.6. The Labute approximate surface area is 174 Å². The van der Waals surface area contributed by atoms with Gasteiger partial charge in [0, 0.05) is 19.6 Å². The van der Waals surface area contributed by atoms with Gasteiger partial charge in [-0.3, -0.25) is 9.69 Å². The number of likely N-dealkylation sites (tertiary alicyclic amines) is 2. The summed E-state index contributed by atoms with van der Waals surface area (Å²) < 4.78 is 5.49. The minimum Gasteiger partial charge on any atom is -0.444 e. The number of hydrogen-bond donors (Lipinski definition) is 0. The van der Waals surface area contributed by atoms with Crippen molar-refractivity contribution in [3.63, 3.8) is 0 Å². The molecule has 0 saturated carbocycles. The molecule has 3 rings (SSSR count). The van der Waals surface area contributed by atoms with E-state index < -0.39 is 5.60 Å². The molecule has 2 heterocycles. The zero-order chi connectivity index (χ0) is 21.0. The van der Waals surface area contributed by atoms with Crippen molar-refractivity contribution in [1.82, 2.24) is 9.80 Å². The lowest BCUT2D eigenvalue weighted by atomic mass is 9.95. The van der Waals surface area contributed by atoms with Gasteiger partial charge in [-0.1, -0.05) is 42.0 Å². The van der Waals surface area contributed by atoms with Crippen LogP contribution in [0.4, 0.5) is 4.79 Å². The molecular formula is C24H34N2O3. The highest BCUT2D eigenvalue weighted by molar-refractivity contribution is 5.86. The molecular weight excluding hydrogens is 364 g/mol. The minimum atomic E-state index is -0.546. The van der Waals surface area contributed by atoms with Crippen LogP contribution in [0.1, 0.15) is 57.6 Å². The molecule has 0 aromatic heterocycles. The van der Waals surface area contributed by atoms with E-state index in [2.05, 4.69) is 43.3 Å². The van der Waals surface area contributed by atoms with Gasteiger partial charge < -0.3 is 9.64 Å². The van der Waals surface area contributed by atoms with Gasteiger partial charge in [0.25, 0.3) is 0 Å². The summed E-state index contributed by atoms with van der Waals surface area (Å²) in [7, 11) is 0. The molecule has 0 radical (unpaired) electrons. The Morgan fingerprint density at radius 2 is 1.69 bits per heavy atom. The molecule has 1 atom stereocenters. The molecule has 2 fully saturated rings. The molecule has 29 heavy (non-hydrogen) atoms. The zero-order valence-corrected chi connectivity index (χ0v) is 18.2. The normalized spacial score (nSPS) is 21.0. The fourth-order valence-corrected chi connectivity index (χ4v) is 4.01. The summed E-state index contributed by atoms with van der Waals surface area (Å²) in [6.07, 6.45) is 7.60. The van der Waals surface area contributed by atoms with E-state index >= 15 is 0 Å². The number of nitrogens with zero attached hydrogens (tertiary/aromatic N) is 2. The van der Waals surface area contributed by atoms with Crippen LogP contribution in [0.15, 0.2) is 30.3 Å². The van der Waals surface area contributed by atoms with Crippen molar-refractivity contribution in [1.29, 1.82) is 0 Å². The summed E-state index contributed by atoms with van der Waals surface area (Å²) in [4.78, 5) is 29.1. The van der Waals surface area contributed by atoms with Crippen LogP contribution in [0.5, 0.6) is 0 Å². The van der Waals surface area contributed by atoms with Crippen LogP contribution in [0.3, 0.4) is 0 Å². The molecule has 2 aliphatic heterocycles. The monoisotopic (exact) mass is 398 g/mol. The molecule has 2 aliphatic rings. The number of allylic oxidation sites excluding steroid dienone is 1. The first-order valence-corrected chi connectivity index (χ1v) is 10.8. The lowest BCUT2D eigenvalue weighted by Crippen LogP contribution is -2.50. The molecule has 5 nitrogen and oxygen atoms in total. The number of piperidine rings is 1. The summed E-state index contributed by atoms with van der Waals surface area (Å²) >= 11 is 0. The quantitative estimate of drug-likeness (QED) is 0.745. The molecule has 158 valence electrons. The maximum atomic E-state index is 13.1. The van der Waals surface area contributed by atoms with E-state index in [0.717, 1.165) is 38.8 Å². The van der Waals surface area contributed by atoms with Crippen molar-refractivity contribution < 1.29 is 14.3 Å². The van der Waals surface area contributed by atoms with Gasteiger partial charge in [0.1, 0.15) is 11.6 Å². The molecule has 0 aliphatic carbocycles. The SMILES string of the molecule is Cc1ccc(C=CC2CCN(C(=O)[C@@H]3CCCN3C(=O)OC(C)(C)C)CC2)cc1. The first kappa shape index (κ1) is 21.4. The second kappa shape index (κ2) is 9.02. The molecule has 5 heteroatoms. The van der Waals surface area contributed by atoms with E-state index in [1.165, 1.54) is 11.1 Å². The van der Waals surface area contributed by atoms with Crippen molar-refractivity contribution in [2.75, 3.05) is 19.6 Å². The van der Waals surface area contributed by atoms with Crippen LogP contribution in [0.25, 0.3) is 6.08 Å². The summed E-state index contributed by atoms with van der Waals surface area (Å²) in [6, 6.07) is 8.15. The number of rotatable bonds is 3. The Morgan fingerprint density at radius 3 is 2.31 bits per heavy atom. The third-order valence-electron chi connectivity index (χ3n) is 5.66. The highest BCUT2D eigenvalue weighted by Gasteiger charge is 2.39. The maximum Gasteiger partial charge on any atom is 0.410 e. The second-order valence-corrected chi connectivity index (χ2v) is 9.26. The van der Waals surface area contributed by atoms with E-state index in [1.807, 2.05) is 25.7 Å².